The van der Waals surface area contributed by atoms with Crippen molar-refractivity contribution in [1.82, 2.24) is 25.9 Å². The smallest absolute Gasteiger partial charge is 0.354 e. The van der Waals surface area contributed by atoms with Gasteiger partial charge in [0.1, 0.15) is 11.9 Å². The quantitative estimate of drug-likeness (QED) is 0.392. The lowest BCUT2D eigenvalue weighted by atomic mass is 10.1. The normalized spacial score (nSPS) is 14.9. The van der Waals surface area contributed by atoms with Crippen molar-refractivity contribution in [2.45, 2.75) is 38.0 Å². The van der Waals surface area contributed by atoms with E-state index in [9.17, 15) is 22.8 Å². The van der Waals surface area contributed by atoms with E-state index in [-0.39, 0.29) is 30.0 Å². The van der Waals surface area contributed by atoms with E-state index < -0.39 is 18.0 Å². The molecule has 0 aliphatic carbocycles. The highest BCUT2D eigenvalue weighted by Gasteiger charge is 2.38. The standard InChI is InChI=1S/C28H28F3N7O2/c1-33-27(40)35-17-20-8-10-21(11-9-20)22-15-24(37-26(36-22)28(29,30)31)38-14-2-3-23(38)25(39)34-13-12-18-4-6-19(16-32)7-5-18/h4-11,15,23H,2-3,12-14,17H2,1H3,(H,34,39)(H2,33,35,40)/t23-/m0/s1. The molecule has 9 nitrogen and oxygen atoms in total. The van der Waals surface area contributed by atoms with Gasteiger partial charge in [0.05, 0.1) is 17.3 Å². The summed E-state index contributed by atoms with van der Waals surface area (Å²) in [7, 11) is 1.50. The largest absolute Gasteiger partial charge is 0.451 e. The van der Waals surface area contributed by atoms with Crippen LogP contribution in [0.3, 0.4) is 0 Å². The molecule has 1 saturated heterocycles. The molecule has 1 atom stereocenters. The molecular formula is C28H28F3N7O2. The summed E-state index contributed by atoms with van der Waals surface area (Å²) in [6, 6.07) is 16.2. The number of benzene rings is 2. The average molecular weight is 552 g/mol. The van der Waals surface area contributed by atoms with E-state index in [0.717, 1.165) is 11.1 Å². The van der Waals surface area contributed by atoms with E-state index in [2.05, 4.69) is 32.0 Å². The van der Waals surface area contributed by atoms with E-state index in [1.165, 1.54) is 13.1 Å². The maximum absolute atomic E-state index is 13.8. The topological polar surface area (TPSA) is 123 Å². The monoisotopic (exact) mass is 551 g/mol. The van der Waals surface area contributed by atoms with Crippen LogP contribution in [0.1, 0.15) is 35.4 Å². The molecule has 0 radical (unpaired) electrons. The molecule has 208 valence electrons. The van der Waals surface area contributed by atoms with Gasteiger partial charge >= 0.3 is 12.2 Å². The van der Waals surface area contributed by atoms with Crippen LogP contribution in [0.4, 0.5) is 23.8 Å². The van der Waals surface area contributed by atoms with Gasteiger partial charge in [0.2, 0.25) is 11.7 Å². The Morgan fingerprint density at radius 1 is 1.05 bits per heavy atom. The first-order valence-corrected chi connectivity index (χ1v) is 12.7. The van der Waals surface area contributed by atoms with Crippen molar-refractivity contribution >= 4 is 17.8 Å². The molecule has 40 heavy (non-hydrogen) atoms. The zero-order valence-corrected chi connectivity index (χ0v) is 21.8. The molecule has 1 aromatic heterocycles. The van der Waals surface area contributed by atoms with Crippen LogP contribution < -0.4 is 20.9 Å². The van der Waals surface area contributed by atoms with Crippen LogP contribution in [-0.4, -0.2) is 48.1 Å². The highest BCUT2D eigenvalue weighted by molar-refractivity contribution is 5.85. The third kappa shape index (κ3) is 7.05. The second kappa shape index (κ2) is 12.5. The number of anilines is 1. The van der Waals surface area contributed by atoms with Crippen molar-refractivity contribution in [2.24, 2.45) is 0 Å². The SMILES string of the molecule is CNC(=O)NCc1ccc(-c2cc(N3CCC[C@H]3C(=O)NCCc3ccc(C#N)cc3)nc(C(F)(F)F)n2)cc1. The number of aromatic nitrogens is 2. The van der Waals surface area contributed by atoms with Gasteiger partial charge in [-0.15, -0.1) is 0 Å². The van der Waals surface area contributed by atoms with Gasteiger partial charge in [0, 0.05) is 38.3 Å². The fraction of sp³-hybridized carbons (Fsp3) is 0.321. The Balaban J connectivity index is 1.50. The van der Waals surface area contributed by atoms with Crippen molar-refractivity contribution in [3.05, 3.63) is 77.1 Å². The summed E-state index contributed by atoms with van der Waals surface area (Å²) < 4.78 is 41.3. The molecule has 2 heterocycles. The number of alkyl halides is 3. The van der Waals surface area contributed by atoms with Crippen molar-refractivity contribution in [3.8, 4) is 17.3 Å². The molecule has 0 bridgehead atoms. The molecule has 12 heteroatoms. The summed E-state index contributed by atoms with van der Waals surface area (Å²) in [4.78, 5) is 33.6. The van der Waals surface area contributed by atoms with E-state index >= 15 is 0 Å². The maximum atomic E-state index is 13.8. The second-order valence-corrected chi connectivity index (χ2v) is 9.26. The Morgan fingerprint density at radius 2 is 1.75 bits per heavy atom. The highest BCUT2D eigenvalue weighted by Crippen LogP contribution is 2.33. The summed E-state index contributed by atoms with van der Waals surface area (Å²) in [5.74, 6) is -1.53. The lowest BCUT2D eigenvalue weighted by Crippen LogP contribution is -2.44. The minimum absolute atomic E-state index is 0.0347. The van der Waals surface area contributed by atoms with Gasteiger partial charge in [-0.2, -0.15) is 18.4 Å². The maximum Gasteiger partial charge on any atom is 0.451 e. The summed E-state index contributed by atoms with van der Waals surface area (Å²) in [5, 5.41) is 16.9. The Morgan fingerprint density at radius 3 is 2.40 bits per heavy atom. The van der Waals surface area contributed by atoms with Gasteiger partial charge in [-0.3, -0.25) is 4.79 Å². The summed E-state index contributed by atoms with van der Waals surface area (Å²) in [6.07, 6.45) is -3.12. The summed E-state index contributed by atoms with van der Waals surface area (Å²) in [5.41, 5.74) is 2.78. The minimum Gasteiger partial charge on any atom is -0.354 e. The number of urea groups is 1. The van der Waals surface area contributed by atoms with Crippen molar-refractivity contribution < 1.29 is 22.8 Å². The Labute approximate surface area is 229 Å². The van der Waals surface area contributed by atoms with E-state index in [1.54, 1.807) is 41.3 Å². The number of nitrogens with zero attached hydrogens (tertiary/aromatic N) is 4. The number of nitrogens with one attached hydrogen (secondary N) is 3. The molecule has 2 aromatic carbocycles. The number of carbonyl (C=O) groups is 2. The fourth-order valence-corrected chi connectivity index (χ4v) is 4.43. The predicted octanol–water partition coefficient (Wildman–Crippen LogP) is 3.79. The van der Waals surface area contributed by atoms with Crippen molar-refractivity contribution in [3.63, 3.8) is 0 Å². The predicted molar refractivity (Wildman–Crippen MR) is 142 cm³/mol. The molecule has 1 aliphatic heterocycles. The minimum atomic E-state index is -4.78. The molecule has 3 N–H and O–H groups in total. The third-order valence-electron chi connectivity index (χ3n) is 6.54. The number of carbonyl (C=O) groups excluding carboxylic acids is 2. The first kappa shape index (κ1) is 28.4. The molecule has 4 rings (SSSR count). The number of nitriles is 1. The Hall–Kier alpha value is -4.66. The molecule has 3 aromatic rings. The van der Waals surface area contributed by atoms with Gasteiger partial charge in [-0.25, -0.2) is 14.8 Å². The number of rotatable bonds is 8. The summed E-state index contributed by atoms with van der Waals surface area (Å²) in [6.45, 7) is 0.975. The van der Waals surface area contributed by atoms with Gasteiger partial charge in [-0.1, -0.05) is 36.4 Å². The van der Waals surface area contributed by atoms with E-state index in [0.29, 0.717) is 43.5 Å². The third-order valence-corrected chi connectivity index (χ3v) is 6.54. The number of amides is 3. The van der Waals surface area contributed by atoms with Gasteiger partial charge in [-0.05, 0) is 42.5 Å². The molecular weight excluding hydrogens is 523 g/mol. The molecule has 1 fully saturated rings. The van der Waals surface area contributed by atoms with Crippen LogP contribution in [0.25, 0.3) is 11.3 Å². The second-order valence-electron chi connectivity index (χ2n) is 9.26. The zero-order chi connectivity index (χ0) is 28.7. The van der Waals surface area contributed by atoms with Crippen molar-refractivity contribution in [1.29, 1.82) is 5.26 Å². The van der Waals surface area contributed by atoms with E-state index in [4.69, 9.17) is 5.26 Å². The Bertz CT molecular complexity index is 1390. The molecule has 0 unspecified atom stereocenters. The lowest BCUT2D eigenvalue weighted by Gasteiger charge is -2.26. The Kier molecular flexibility index (Phi) is 8.83. The first-order valence-electron chi connectivity index (χ1n) is 12.7. The fourth-order valence-electron chi connectivity index (χ4n) is 4.43. The number of halogens is 3. The average Bonchev–Trinajstić information content (AvgIpc) is 3.46. The van der Waals surface area contributed by atoms with Gasteiger partial charge < -0.3 is 20.9 Å². The number of hydrogen-bond acceptors (Lipinski definition) is 6. The molecule has 1 aliphatic rings. The van der Waals surface area contributed by atoms with Crippen LogP contribution >= 0.6 is 0 Å². The molecule has 0 saturated carbocycles. The van der Waals surface area contributed by atoms with Gasteiger partial charge in [0.15, 0.2) is 0 Å². The van der Waals surface area contributed by atoms with Crippen LogP contribution in [-0.2, 0) is 23.9 Å². The van der Waals surface area contributed by atoms with Crippen molar-refractivity contribution in [2.75, 3.05) is 25.0 Å². The molecule has 0 spiro atoms. The van der Waals surface area contributed by atoms with Gasteiger partial charge in [0.25, 0.3) is 0 Å². The van der Waals surface area contributed by atoms with Crippen LogP contribution in [0.2, 0.25) is 0 Å². The zero-order valence-electron chi connectivity index (χ0n) is 21.8. The van der Waals surface area contributed by atoms with Crippen LogP contribution in [0.5, 0.6) is 0 Å². The van der Waals surface area contributed by atoms with E-state index in [1.807, 2.05) is 12.1 Å². The number of hydrogen-bond donors (Lipinski definition) is 3. The van der Waals surface area contributed by atoms with Crippen LogP contribution in [0.15, 0.2) is 54.6 Å². The van der Waals surface area contributed by atoms with Crippen LogP contribution in [0, 0.1) is 11.3 Å². The highest BCUT2D eigenvalue weighted by atomic mass is 19.4. The summed E-state index contributed by atoms with van der Waals surface area (Å²) >= 11 is 0. The lowest BCUT2D eigenvalue weighted by molar-refractivity contribution is -0.144. The first-order chi connectivity index (χ1) is 19.2. The molecule has 3 amide bonds.